The second kappa shape index (κ2) is 10.2. The summed E-state index contributed by atoms with van der Waals surface area (Å²) in [4.78, 5) is 25.4. The molecule has 2 heterocycles. The SMILES string of the molecule is C=CCN(C)C(=O)[C@@H](C)[C@@H]1CC[C@@]2(C)Cc3sc(NCCc4ccccn4)nc3[C@@H](C)[C@@H]2[C@H]1O. The summed E-state index contributed by atoms with van der Waals surface area (Å²) in [7, 11) is 1.81. The topological polar surface area (TPSA) is 78.4 Å². The van der Waals surface area contributed by atoms with Crippen LogP contribution in [0.25, 0.3) is 0 Å². The van der Waals surface area contributed by atoms with Gasteiger partial charge in [0, 0.05) is 55.2 Å². The van der Waals surface area contributed by atoms with Crippen LogP contribution in [0.2, 0.25) is 0 Å². The van der Waals surface area contributed by atoms with E-state index in [9.17, 15) is 9.90 Å². The molecule has 2 aromatic rings. The predicted octanol–water partition coefficient (Wildman–Crippen LogP) is 4.53. The lowest BCUT2D eigenvalue weighted by atomic mass is 9.53. The molecule has 6 nitrogen and oxygen atoms in total. The molecule has 2 aliphatic rings. The number of rotatable bonds is 8. The van der Waals surface area contributed by atoms with E-state index in [0.717, 1.165) is 48.7 Å². The number of aliphatic hydroxyl groups is 1. The molecule has 2 aliphatic carbocycles. The van der Waals surface area contributed by atoms with E-state index in [1.807, 2.05) is 38.4 Å². The Morgan fingerprint density at radius 3 is 2.97 bits per heavy atom. The van der Waals surface area contributed by atoms with E-state index in [-0.39, 0.29) is 35.0 Å². The number of nitrogens with one attached hydrogen (secondary N) is 1. The molecule has 2 N–H and O–H groups in total. The minimum atomic E-state index is -0.514. The first-order valence-electron chi connectivity index (χ1n) is 12.4. The van der Waals surface area contributed by atoms with Gasteiger partial charge in [0.2, 0.25) is 5.91 Å². The number of aliphatic hydroxyl groups excluding tert-OH is 1. The van der Waals surface area contributed by atoms with Crippen LogP contribution in [0.1, 0.15) is 55.8 Å². The minimum absolute atomic E-state index is 0.0237. The number of anilines is 1. The van der Waals surface area contributed by atoms with Gasteiger partial charge in [-0.15, -0.1) is 17.9 Å². The van der Waals surface area contributed by atoms with E-state index in [4.69, 9.17) is 4.98 Å². The second-order valence-electron chi connectivity index (χ2n) is 10.5. The highest BCUT2D eigenvalue weighted by molar-refractivity contribution is 7.15. The first-order chi connectivity index (χ1) is 16.2. The van der Waals surface area contributed by atoms with Crippen LogP contribution in [0.15, 0.2) is 37.1 Å². The highest BCUT2D eigenvalue weighted by Crippen LogP contribution is 2.57. The van der Waals surface area contributed by atoms with E-state index >= 15 is 0 Å². The Balaban J connectivity index is 1.47. The fraction of sp³-hybridized carbons (Fsp3) is 0.593. The molecule has 1 fully saturated rings. The van der Waals surface area contributed by atoms with Gasteiger partial charge in [-0.05, 0) is 48.6 Å². The quantitative estimate of drug-likeness (QED) is 0.541. The summed E-state index contributed by atoms with van der Waals surface area (Å²) in [5, 5.41) is 16.0. The zero-order chi connectivity index (χ0) is 24.5. The maximum Gasteiger partial charge on any atom is 0.225 e. The van der Waals surface area contributed by atoms with Gasteiger partial charge in [-0.3, -0.25) is 9.78 Å². The third-order valence-corrected chi connectivity index (χ3v) is 9.15. The van der Waals surface area contributed by atoms with Gasteiger partial charge < -0.3 is 15.3 Å². The summed E-state index contributed by atoms with van der Waals surface area (Å²) in [6, 6.07) is 5.99. The Hall–Kier alpha value is -2.25. The molecule has 7 heteroatoms. The van der Waals surface area contributed by atoms with Crippen LogP contribution in [0.5, 0.6) is 0 Å². The Morgan fingerprint density at radius 1 is 1.47 bits per heavy atom. The van der Waals surface area contributed by atoms with Gasteiger partial charge in [0.1, 0.15) is 0 Å². The number of hydrogen-bond acceptors (Lipinski definition) is 6. The molecular formula is C27H38N4O2S. The van der Waals surface area contributed by atoms with Crippen molar-refractivity contribution in [3.05, 3.63) is 53.3 Å². The van der Waals surface area contributed by atoms with Gasteiger partial charge in [-0.1, -0.05) is 32.9 Å². The summed E-state index contributed by atoms with van der Waals surface area (Å²) < 4.78 is 0. The number of carbonyl (C=O) groups excluding carboxylic acids is 1. The van der Waals surface area contributed by atoms with E-state index in [1.165, 1.54) is 4.88 Å². The summed E-state index contributed by atoms with van der Waals surface area (Å²) >= 11 is 1.76. The van der Waals surface area contributed by atoms with Crippen molar-refractivity contribution >= 4 is 22.4 Å². The van der Waals surface area contributed by atoms with Gasteiger partial charge in [0.15, 0.2) is 5.13 Å². The van der Waals surface area contributed by atoms with Crippen molar-refractivity contribution in [2.45, 2.75) is 58.5 Å². The van der Waals surface area contributed by atoms with Crippen molar-refractivity contribution < 1.29 is 9.90 Å². The lowest BCUT2D eigenvalue weighted by Gasteiger charge is -2.53. The second-order valence-corrected chi connectivity index (χ2v) is 11.5. The molecule has 0 bridgehead atoms. The number of thiazole rings is 1. The molecule has 2 aromatic heterocycles. The molecule has 34 heavy (non-hydrogen) atoms. The van der Waals surface area contributed by atoms with Crippen molar-refractivity contribution in [2.24, 2.45) is 23.2 Å². The normalized spacial score (nSPS) is 29.0. The Bertz CT molecular complexity index is 1010. The zero-order valence-electron chi connectivity index (χ0n) is 20.8. The number of aromatic nitrogens is 2. The van der Waals surface area contributed by atoms with Crippen molar-refractivity contribution in [3.8, 4) is 0 Å². The minimum Gasteiger partial charge on any atom is -0.392 e. The number of fused-ring (bicyclic) bond motifs is 2. The van der Waals surface area contributed by atoms with Crippen LogP contribution in [-0.4, -0.2) is 52.1 Å². The molecule has 4 rings (SSSR count). The van der Waals surface area contributed by atoms with Crippen molar-refractivity contribution in [1.29, 1.82) is 0 Å². The number of carbonyl (C=O) groups is 1. The Kier molecular flexibility index (Phi) is 7.43. The molecule has 0 unspecified atom stereocenters. The predicted molar refractivity (Wildman–Crippen MR) is 138 cm³/mol. The highest BCUT2D eigenvalue weighted by atomic mass is 32.1. The number of hydrogen-bond donors (Lipinski definition) is 2. The first kappa shape index (κ1) is 24.9. The monoisotopic (exact) mass is 482 g/mol. The van der Waals surface area contributed by atoms with Crippen molar-refractivity contribution in [1.82, 2.24) is 14.9 Å². The van der Waals surface area contributed by atoms with Gasteiger partial charge in [0.05, 0.1) is 11.8 Å². The van der Waals surface area contributed by atoms with E-state index in [2.05, 4.69) is 30.7 Å². The lowest BCUT2D eigenvalue weighted by molar-refractivity contribution is -0.143. The molecule has 0 aromatic carbocycles. The Morgan fingerprint density at radius 2 is 2.26 bits per heavy atom. The van der Waals surface area contributed by atoms with Crippen LogP contribution in [-0.2, 0) is 17.6 Å². The smallest absolute Gasteiger partial charge is 0.225 e. The number of amides is 1. The molecule has 0 saturated heterocycles. The van der Waals surface area contributed by atoms with Crippen LogP contribution in [0.3, 0.4) is 0 Å². The summed E-state index contributed by atoms with van der Waals surface area (Å²) in [6.07, 6.45) is 6.75. The highest BCUT2D eigenvalue weighted by Gasteiger charge is 2.54. The molecule has 1 amide bonds. The molecule has 184 valence electrons. The van der Waals surface area contributed by atoms with Crippen LogP contribution in [0.4, 0.5) is 5.13 Å². The van der Waals surface area contributed by atoms with E-state index in [0.29, 0.717) is 6.54 Å². The summed E-state index contributed by atoms with van der Waals surface area (Å²) in [5.41, 5.74) is 2.21. The zero-order valence-corrected chi connectivity index (χ0v) is 21.6. The van der Waals surface area contributed by atoms with E-state index < -0.39 is 6.10 Å². The van der Waals surface area contributed by atoms with Gasteiger partial charge in [0.25, 0.3) is 0 Å². The summed E-state index contributed by atoms with van der Waals surface area (Å²) in [5.74, 6) is 0.100. The third-order valence-electron chi connectivity index (χ3n) is 8.12. The van der Waals surface area contributed by atoms with Gasteiger partial charge in [-0.25, -0.2) is 4.98 Å². The summed E-state index contributed by atoms with van der Waals surface area (Å²) in [6.45, 7) is 11.6. The molecule has 1 saturated carbocycles. The largest absolute Gasteiger partial charge is 0.392 e. The number of pyridine rings is 1. The first-order valence-corrected chi connectivity index (χ1v) is 13.2. The van der Waals surface area contributed by atoms with Crippen LogP contribution in [0, 0.1) is 23.2 Å². The number of likely N-dealkylation sites (N-methyl/N-ethyl adjacent to an activating group) is 1. The van der Waals surface area contributed by atoms with E-state index in [1.54, 1.807) is 22.3 Å². The fourth-order valence-corrected chi connectivity index (χ4v) is 7.57. The molecule has 0 radical (unpaired) electrons. The van der Waals surface area contributed by atoms with Crippen molar-refractivity contribution in [3.63, 3.8) is 0 Å². The van der Waals surface area contributed by atoms with Crippen LogP contribution >= 0.6 is 11.3 Å². The van der Waals surface area contributed by atoms with Crippen LogP contribution < -0.4 is 5.32 Å². The average molecular weight is 483 g/mol. The average Bonchev–Trinajstić information content (AvgIpc) is 3.21. The molecular weight excluding hydrogens is 444 g/mol. The maximum absolute atomic E-state index is 12.9. The number of nitrogens with zero attached hydrogens (tertiary/aromatic N) is 3. The lowest BCUT2D eigenvalue weighted by Crippen LogP contribution is -2.53. The molecule has 6 atom stereocenters. The van der Waals surface area contributed by atoms with Gasteiger partial charge in [-0.2, -0.15) is 0 Å². The fourth-order valence-electron chi connectivity index (χ4n) is 6.28. The molecule has 0 spiro atoms. The van der Waals surface area contributed by atoms with Gasteiger partial charge >= 0.3 is 0 Å². The maximum atomic E-state index is 12.9. The van der Waals surface area contributed by atoms with Crippen molar-refractivity contribution in [2.75, 3.05) is 25.5 Å². The Labute approximate surface area is 207 Å². The molecule has 0 aliphatic heterocycles. The third kappa shape index (κ3) is 4.78. The standard InChI is InChI=1S/C27H38N4O2S/c1-6-15-31(5)25(33)17(2)20-10-12-27(4)16-21-23(18(3)22(27)24(20)32)30-26(34-21)29-14-11-19-9-7-8-13-28-19/h6-9,13,17-18,20,22,24,32H,1,10-12,14-16H2,2-5H3,(H,29,30)/t17-,18-,20-,22+,24-,27-/m0/s1.